The number of aromatic nitrogens is 2. The molecule has 1 saturated heterocycles. The average Bonchev–Trinajstić information content (AvgIpc) is 3.00. The van der Waals surface area contributed by atoms with Gasteiger partial charge < -0.3 is 19.4 Å². The maximum atomic E-state index is 12.9. The quantitative estimate of drug-likeness (QED) is 0.550. The highest BCUT2D eigenvalue weighted by molar-refractivity contribution is 9.10. The van der Waals surface area contributed by atoms with Crippen LogP contribution in [-0.4, -0.2) is 61.8 Å². The number of nitrogens with one attached hydrogen (secondary N) is 1. The Balaban J connectivity index is 1.76. The molecular weight excluding hydrogens is 414 g/mol. The summed E-state index contributed by atoms with van der Waals surface area (Å²) in [6, 6.07) is 4.92. The molecule has 26 heavy (non-hydrogen) atoms. The number of rotatable bonds is 6. The van der Waals surface area contributed by atoms with Gasteiger partial charge >= 0.3 is 0 Å². The maximum Gasteiger partial charge on any atom is 0.256 e. The summed E-state index contributed by atoms with van der Waals surface area (Å²) in [6.45, 7) is 10.6. The zero-order valence-corrected chi connectivity index (χ0v) is 18.2. The number of halogens is 1. The molecule has 0 spiro atoms. The van der Waals surface area contributed by atoms with E-state index in [-0.39, 0.29) is 5.91 Å². The first-order chi connectivity index (χ1) is 12.3. The van der Waals surface area contributed by atoms with Crippen LogP contribution in [0.15, 0.2) is 16.6 Å². The van der Waals surface area contributed by atoms with Crippen LogP contribution in [0.2, 0.25) is 25.7 Å². The molecule has 1 amide bonds. The molecule has 2 heterocycles. The molecule has 0 unspecified atom stereocenters. The second-order valence-electron chi connectivity index (χ2n) is 7.80. The van der Waals surface area contributed by atoms with Crippen LogP contribution < -0.4 is 0 Å². The zero-order chi connectivity index (χ0) is 18.7. The normalized spacial score (nSPS) is 15.6. The molecule has 1 aromatic heterocycles. The number of ether oxygens (including phenoxy) is 2. The first kappa shape index (κ1) is 19.5. The molecule has 0 atom stereocenters. The molecule has 6 nitrogen and oxygen atoms in total. The molecule has 1 aliphatic heterocycles. The van der Waals surface area contributed by atoms with Crippen molar-refractivity contribution in [2.45, 2.75) is 32.3 Å². The molecule has 1 fully saturated rings. The SMILES string of the molecule is C[Si](C)(C)CCOCc1nc2c(C(=O)N3CCOCC3)cc(Br)cc2[nH]1. The summed E-state index contributed by atoms with van der Waals surface area (Å²) < 4.78 is 12.0. The van der Waals surface area contributed by atoms with Crippen molar-refractivity contribution in [3.63, 3.8) is 0 Å². The highest BCUT2D eigenvalue weighted by Crippen LogP contribution is 2.25. The summed E-state index contributed by atoms with van der Waals surface area (Å²) in [4.78, 5) is 22.7. The number of aromatic amines is 1. The standard InChI is InChI=1S/C18H26BrN3O3Si/c1-26(2,3)9-8-25-12-16-20-15-11-13(19)10-14(17(15)21-16)18(23)22-4-6-24-7-5-22/h10-11H,4-9,12H2,1-3H3,(H,20,21). The third-order valence-corrected chi connectivity index (χ3v) is 6.53. The molecule has 0 radical (unpaired) electrons. The summed E-state index contributed by atoms with van der Waals surface area (Å²) in [7, 11) is -1.10. The van der Waals surface area contributed by atoms with Crippen molar-refractivity contribution < 1.29 is 14.3 Å². The number of hydrogen-bond donors (Lipinski definition) is 1. The van der Waals surface area contributed by atoms with E-state index >= 15 is 0 Å². The highest BCUT2D eigenvalue weighted by atomic mass is 79.9. The van der Waals surface area contributed by atoms with E-state index < -0.39 is 8.07 Å². The van der Waals surface area contributed by atoms with Gasteiger partial charge in [0.2, 0.25) is 0 Å². The minimum Gasteiger partial charge on any atom is -0.378 e. The smallest absolute Gasteiger partial charge is 0.256 e. The summed E-state index contributed by atoms with van der Waals surface area (Å²) in [5.74, 6) is 0.752. The number of carbonyl (C=O) groups excluding carboxylic acids is 1. The predicted octanol–water partition coefficient (Wildman–Crippen LogP) is 3.65. The summed E-state index contributed by atoms with van der Waals surface area (Å²) >= 11 is 3.50. The maximum absolute atomic E-state index is 12.9. The number of hydrogen-bond acceptors (Lipinski definition) is 4. The van der Waals surface area contributed by atoms with Crippen LogP contribution >= 0.6 is 15.9 Å². The van der Waals surface area contributed by atoms with E-state index in [0.29, 0.717) is 44.0 Å². The summed E-state index contributed by atoms with van der Waals surface area (Å²) in [5.41, 5.74) is 2.16. The Kier molecular flexibility index (Phi) is 6.16. The fourth-order valence-electron chi connectivity index (χ4n) is 2.85. The van der Waals surface area contributed by atoms with Gasteiger partial charge in [-0.3, -0.25) is 4.79 Å². The van der Waals surface area contributed by atoms with Crippen LogP contribution in [0, 0.1) is 0 Å². The van der Waals surface area contributed by atoms with Crippen molar-refractivity contribution in [2.75, 3.05) is 32.9 Å². The van der Waals surface area contributed by atoms with Gasteiger partial charge in [-0.05, 0) is 18.2 Å². The van der Waals surface area contributed by atoms with Crippen molar-refractivity contribution in [1.82, 2.24) is 14.9 Å². The Morgan fingerprint density at radius 2 is 2.08 bits per heavy atom. The van der Waals surface area contributed by atoms with E-state index in [1.54, 1.807) is 0 Å². The molecule has 0 saturated carbocycles. The first-order valence-electron chi connectivity index (χ1n) is 8.96. The van der Waals surface area contributed by atoms with Gasteiger partial charge in [0.15, 0.2) is 0 Å². The zero-order valence-electron chi connectivity index (χ0n) is 15.6. The third kappa shape index (κ3) is 4.94. The van der Waals surface area contributed by atoms with Crippen molar-refractivity contribution in [3.8, 4) is 0 Å². The van der Waals surface area contributed by atoms with Gasteiger partial charge in [0.25, 0.3) is 5.91 Å². The molecule has 1 N–H and O–H groups in total. The van der Waals surface area contributed by atoms with Gasteiger partial charge in [-0.25, -0.2) is 4.98 Å². The Bertz CT molecular complexity index is 782. The molecule has 1 aromatic carbocycles. The molecule has 3 rings (SSSR count). The molecule has 142 valence electrons. The molecule has 2 aromatic rings. The lowest BCUT2D eigenvalue weighted by atomic mass is 10.1. The second-order valence-corrected chi connectivity index (χ2v) is 14.3. The van der Waals surface area contributed by atoms with Crippen LogP contribution in [0.4, 0.5) is 0 Å². The van der Waals surface area contributed by atoms with E-state index in [1.807, 2.05) is 17.0 Å². The van der Waals surface area contributed by atoms with Gasteiger partial charge in [-0.1, -0.05) is 35.6 Å². The molecule has 0 bridgehead atoms. The van der Waals surface area contributed by atoms with Crippen LogP contribution in [0.3, 0.4) is 0 Å². The third-order valence-electron chi connectivity index (χ3n) is 4.36. The second kappa shape index (κ2) is 8.20. The largest absolute Gasteiger partial charge is 0.378 e. The van der Waals surface area contributed by atoms with Gasteiger partial charge in [-0.15, -0.1) is 0 Å². The highest BCUT2D eigenvalue weighted by Gasteiger charge is 2.22. The van der Waals surface area contributed by atoms with Gasteiger partial charge in [-0.2, -0.15) is 0 Å². The number of carbonyl (C=O) groups is 1. The lowest BCUT2D eigenvalue weighted by Crippen LogP contribution is -2.40. The topological polar surface area (TPSA) is 67.4 Å². The van der Waals surface area contributed by atoms with Crippen LogP contribution in [0.5, 0.6) is 0 Å². The number of H-pyrrole nitrogens is 1. The molecule has 0 aliphatic carbocycles. The number of nitrogens with zero attached hydrogens (tertiary/aromatic N) is 2. The van der Waals surface area contributed by atoms with Crippen LogP contribution in [0.1, 0.15) is 16.2 Å². The minimum absolute atomic E-state index is 0.00250. The lowest BCUT2D eigenvalue weighted by Gasteiger charge is -2.27. The van der Waals surface area contributed by atoms with Crippen LogP contribution in [0.25, 0.3) is 11.0 Å². The van der Waals surface area contributed by atoms with E-state index in [1.165, 1.54) is 0 Å². The Hall–Kier alpha value is -1.22. The van der Waals surface area contributed by atoms with Crippen molar-refractivity contribution >= 4 is 40.9 Å². The number of morpholine rings is 1. The van der Waals surface area contributed by atoms with Crippen LogP contribution in [-0.2, 0) is 16.1 Å². The van der Waals surface area contributed by atoms with Crippen molar-refractivity contribution in [1.29, 1.82) is 0 Å². The molecular formula is C18H26BrN3O3Si. The number of amides is 1. The van der Waals surface area contributed by atoms with Gasteiger partial charge in [0.1, 0.15) is 17.9 Å². The number of imidazole rings is 1. The average molecular weight is 440 g/mol. The van der Waals surface area contributed by atoms with E-state index in [9.17, 15) is 4.79 Å². The van der Waals surface area contributed by atoms with Gasteiger partial charge in [0, 0.05) is 32.2 Å². The fourth-order valence-corrected chi connectivity index (χ4v) is 4.06. The Morgan fingerprint density at radius 3 is 2.77 bits per heavy atom. The van der Waals surface area contributed by atoms with Crippen molar-refractivity contribution in [3.05, 3.63) is 28.0 Å². The number of benzene rings is 1. The summed E-state index contributed by atoms with van der Waals surface area (Å²) in [5, 5.41) is 0. The molecule has 1 aliphatic rings. The van der Waals surface area contributed by atoms with E-state index in [2.05, 4.69) is 45.5 Å². The Labute approximate surface area is 163 Å². The molecule has 8 heteroatoms. The first-order valence-corrected chi connectivity index (χ1v) is 13.5. The monoisotopic (exact) mass is 439 g/mol. The predicted molar refractivity (Wildman–Crippen MR) is 108 cm³/mol. The fraction of sp³-hybridized carbons (Fsp3) is 0.556. The van der Waals surface area contributed by atoms with E-state index in [4.69, 9.17) is 9.47 Å². The van der Waals surface area contributed by atoms with Gasteiger partial charge in [0.05, 0.1) is 24.3 Å². The summed E-state index contributed by atoms with van der Waals surface area (Å²) in [6.07, 6.45) is 0. The minimum atomic E-state index is -1.10. The number of fused-ring (bicyclic) bond motifs is 1. The Morgan fingerprint density at radius 1 is 1.35 bits per heavy atom. The van der Waals surface area contributed by atoms with Crippen molar-refractivity contribution in [2.24, 2.45) is 0 Å². The van der Waals surface area contributed by atoms with E-state index in [0.717, 1.165) is 28.5 Å². The lowest BCUT2D eigenvalue weighted by molar-refractivity contribution is 0.0304.